The molecule has 1 fully saturated rings. The van der Waals surface area contributed by atoms with Crippen molar-refractivity contribution in [2.75, 3.05) is 13.7 Å². The number of hydrogen-bond acceptors (Lipinski definition) is 7. The SMILES string of the molecule is COC(=O)[C@@H]1CC(c2nnn(-c3ccccc3)n2)CN1C(=O)OC(C)(C)C. The highest BCUT2D eigenvalue weighted by Crippen LogP contribution is 2.31. The summed E-state index contributed by atoms with van der Waals surface area (Å²) in [5.74, 6) is -0.253. The number of carbonyl (C=O) groups is 2. The number of amides is 1. The van der Waals surface area contributed by atoms with Gasteiger partial charge in [-0.3, -0.25) is 4.90 Å². The van der Waals surface area contributed by atoms with Crippen LogP contribution in [-0.4, -0.2) is 62.5 Å². The Hall–Kier alpha value is -2.97. The minimum absolute atomic E-state index is 0.237. The number of para-hydroxylation sites is 1. The van der Waals surface area contributed by atoms with Gasteiger partial charge in [-0.2, -0.15) is 0 Å². The molecule has 0 spiro atoms. The standard InChI is InChI=1S/C18H23N5O4/c1-18(2,3)27-17(25)22-11-12(10-14(22)16(24)26-4)15-19-21-23(20-15)13-8-6-5-7-9-13/h5-9,12,14H,10-11H2,1-4H3/t12?,14-/m0/s1. The van der Waals surface area contributed by atoms with Gasteiger partial charge in [-0.1, -0.05) is 18.2 Å². The zero-order valence-electron chi connectivity index (χ0n) is 15.8. The first-order valence-electron chi connectivity index (χ1n) is 8.71. The lowest BCUT2D eigenvalue weighted by molar-refractivity contribution is -0.145. The summed E-state index contributed by atoms with van der Waals surface area (Å²) in [6.45, 7) is 5.59. The summed E-state index contributed by atoms with van der Waals surface area (Å²) in [6, 6.07) is 8.66. The molecule has 1 aliphatic rings. The van der Waals surface area contributed by atoms with Crippen LogP contribution in [0.5, 0.6) is 0 Å². The number of tetrazole rings is 1. The van der Waals surface area contributed by atoms with E-state index in [-0.39, 0.29) is 12.5 Å². The second-order valence-corrected chi connectivity index (χ2v) is 7.38. The van der Waals surface area contributed by atoms with Crippen molar-refractivity contribution in [1.29, 1.82) is 0 Å². The second kappa shape index (κ2) is 7.34. The van der Waals surface area contributed by atoms with Crippen molar-refractivity contribution in [2.45, 2.75) is 44.8 Å². The average Bonchev–Trinajstić information content (AvgIpc) is 3.27. The van der Waals surface area contributed by atoms with Crippen LogP contribution >= 0.6 is 0 Å². The van der Waals surface area contributed by atoms with Crippen LogP contribution in [0.25, 0.3) is 5.69 Å². The molecule has 1 saturated heterocycles. The Kier molecular flexibility index (Phi) is 5.11. The first kappa shape index (κ1) is 18.8. The van der Waals surface area contributed by atoms with Crippen LogP contribution in [0.1, 0.15) is 38.9 Å². The van der Waals surface area contributed by atoms with Gasteiger partial charge in [0, 0.05) is 12.5 Å². The Morgan fingerprint density at radius 3 is 2.52 bits per heavy atom. The van der Waals surface area contributed by atoms with Crippen LogP contribution in [0.4, 0.5) is 4.79 Å². The molecule has 3 rings (SSSR count). The van der Waals surface area contributed by atoms with Gasteiger partial charge in [0.1, 0.15) is 11.6 Å². The lowest BCUT2D eigenvalue weighted by atomic mass is 10.1. The molecule has 0 N–H and O–H groups in total. The van der Waals surface area contributed by atoms with Gasteiger partial charge < -0.3 is 9.47 Å². The van der Waals surface area contributed by atoms with Crippen LogP contribution in [0, 0.1) is 0 Å². The third-order valence-corrected chi connectivity index (χ3v) is 4.18. The van der Waals surface area contributed by atoms with Crippen molar-refractivity contribution in [3.05, 3.63) is 36.2 Å². The Bertz CT molecular complexity index is 815. The monoisotopic (exact) mass is 373 g/mol. The topological polar surface area (TPSA) is 99.4 Å². The van der Waals surface area contributed by atoms with E-state index in [1.54, 1.807) is 20.8 Å². The van der Waals surface area contributed by atoms with Crippen molar-refractivity contribution >= 4 is 12.1 Å². The fourth-order valence-corrected chi connectivity index (χ4v) is 2.96. The minimum atomic E-state index is -0.737. The van der Waals surface area contributed by atoms with Crippen LogP contribution < -0.4 is 0 Å². The molecule has 0 radical (unpaired) electrons. The number of aromatic nitrogens is 4. The maximum absolute atomic E-state index is 12.5. The molecule has 1 amide bonds. The molecule has 0 bridgehead atoms. The molecular weight excluding hydrogens is 350 g/mol. The van der Waals surface area contributed by atoms with E-state index in [2.05, 4.69) is 15.4 Å². The molecule has 2 atom stereocenters. The van der Waals surface area contributed by atoms with Gasteiger partial charge in [0.25, 0.3) is 0 Å². The normalized spacial score (nSPS) is 19.8. The molecule has 27 heavy (non-hydrogen) atoms. The van der Waals surface area contributed by atoms with Gasteiger partial charge in [-0.25, -0.2) is 9.59 Å². The molecule has 0 aliphatic carbocycles. The lowest BCUT2D eigenvalue weighted by Gasteiger charge is -2.27. The summed E-state index contributed by atoms with van der Waals surface area (Å²) in [5, 5.41) is 12.6. The third-order valence-electron chi connectivity index (χ3n) is 4.18. The first-order chi connectivity index (χ1) is 12.8. The highest BCUT2D eigenvalue weighted by molar-refractivity contribution is 5.82. The average molecular weight is 373 g/mol. The largest absolute Gasteiger partial charge is 0.467 e. The number of benzene rings is 1. The number of rotatable bonds is 3. The van der Waals surface area contributed by atoms with Gasteiger partial charge >= 0.3 is 12.1 Å². The number of methoxy groups -OCH3 is 1. The second-order valence-electron chi connectivity index (χ2n) is 7.38. The molecule has 1 unspecified atom stereocenters. The summed E-state index contributed by atoms with van der Waals surface area (Å²) in [6.07, 6.45) is -0.206. The van der Waals surface area contributed by atoms with Gasteiger partial charge in [-0.05, 0) is 44.5 Å². The number of likely N-dealkylation sites (tertiary alicyclic amines) is 1. The molecule has 144 valence electrons. The van der Waals surface area contributed by atoms with Gasteiger partial charge in [0.05, 0.1) is 12.8 Å². The fraction of sp³-hybridized carbons (Fsp3) is 0.500. The van der Waals surface area contributed by atoms with Crippen molar-refractivity contribution in [3.8, 4) is 5.69 Å². The van der Waals surface area contributed by atoms with Crippen molar-refractivity contribution in [2.24, 2.45) is 0 Å². The van der Waals surface area contributed by atoms with E-state index in [0.717, 1.165) is 5.69 Å². The van der Waals surface area contributed by atoms with Crippen LogP contribution in [0.3, 0.4) is 0 Å². The molecule has 2 aromatic rings. The van der Waals surface area contributed by atoms with E-state index in [0.29, 0.717) is 12.2 Å². The summed E-state index contributed by atoms with van der Waals surface area (Å²) in [7, 11) is 1.30. The summed E-state index contributed by atoms with van der Waals surface area (Å²) in [4.78, 5) is 27.5. The summed E-state index contributed by atoms with van der Waals surface area (Å²) < 4.78 is 10.3. The Morgan fingerprint density at radius 1 is 1.19 bits per heavy atom. The molecule has 0 saturated carbocycles. The maximum atomic E-state index is 12.5. The Labute approximate surface area is 157 Å². The predicted molar refractivity (Wildman–Crippen MR) is 95.3 cm³/mol. The van der Waals surface area contributed by atoms with Crippen LogP contribution in [-0.2, 0) is 14.3 Å². The van der Waals surface area contributed by atoms with E-state index >= 15 is 0 Å². The highest BCUT2D eigenvalue weighted by atomic mass is 16.6. The summed E-state index contributed by atoms with van der Waals surface area (Å²) >= 11 is 0. The Balaban J connectivity index is 1.80. The minimum Gasteiger partial charge on any atom is -0.467 e. The van der Waals surface area contributed by atoms with Crippen molar-refractivity contribution < 1.29 is 19.1 Å². The Morgan fingerprint density at radius 2 is 1.89 bits per heavy atom. The number of carbonyl (C=O) groups excluding carboxylic acids is 2. The molecule has 2 heterocycles. The van der Waals surface area contributed by atoms with E-state index in [1.807, 2.05) is 30.3 Å². The molecule has 1 aromatic carbocycles. The quantitative estimate of drug-likeness (QED) is 0.758. The molecular formula is C18H23N5O4. The number of hydrogen-bond donors (Lipinski definition) is 0. The number of ether oxygens (including phenoxy) is 2. The van der Waals surface area contributed by atoms with Crippen molar-refractivity contribution in [3.63, 3.8) is 0 Å². The molecule has 9 nitrogen and oxygen atoms in total. The maximum Gasteiger partial charge on any atom is 0.411 e. The van der Waals surface area contributed by atoms with Crippen LogP contribution in [0.2, 0.25) is 0 Å². The predicted octanol–water partition coefficient (Wildman–Crippen LogP) is 1.93. The van der Waals surface area contributed by atoms with E-state index in [9.17, 15) is 9.59 Å². The fourth-order valence-electron chi connectivity index (χ4n) is 2.96. The number of esters is 1. The lowest BCUT2D eigenvalue weighted by Crippen LogP contribution is -2.43. The first-order valence-corrected chi connectivity index (χ1v) is 8.71. The van der Waals surface area contributed by atoms with Crippen LogP contribution in [0.15, 0.2) is 30.3 Å². The molecule has 1 aliphatic heterocycles. The van der Waals surface area contributed by atoms with Gasteiger partial charge in [0.2, 0.25) is 0 Å². The third kappa shape index (κ3) is 4.24. The molecule has 9 heteroatoms. The zero-order chi connectivity index (χ0) is 19.6. The van der Waals surface area contributed by atoms with E-state index < -0.39 is 23.7 Å². The number of nitrogens with zero attached hydrogens (tertiary/aromatic N) is 5. The van der Waals surface area contributed by atoms with Crippen molar-refractivity contribution in [1.82, 2.24) is 25.1 Å². The highest BCUT2D eigenvalue weighted by Gasteiger charge is 2.44. The van der Waals surface area contributed by atoms with E-state index in [4.69, 9.17) is 9.47 Å². The smallest absolute Gasteiger partial charge is 0.411 e. The van der Waals surface area contributed by atoms with E-state index in [1.165, 1.54) is 16.8 Å². The summed E-state index contributed by atoms with van der Waals surface area (Å²) in [5.41, 5.74) is 0.118. The van der Waals surface area contributed by atoms with Gasteiger partial charge in [-0.15, -0.1) is 15.0 Å². The zero-order valence-corrected chi connectivity index (χ0v) is 15.8. The van der Waals surface area contributed by atoms with Gasteiger partial charge in [0.15, 0.2) is 5.82 Å². The molecule has 1 aromatic heterocycles.